The topological polar surface area (TPSA) is 35.2 Å². The predicted molar refractivity (Wildman–Crippen MR) is 84.1 cm³/mol. The Bertz CT molecular complexity index is 523. The lowest BCUT2D eigenvalue weighted by Crippen LogP contribution is -1.93. The van der Waals surface area contributed by atoms with E-state index in [2.05, 4.69) is 41.6 Å². The molecule has 0 bridgehead atoms. The summed E-state index contributed by atoms with van der Waals surface area (Å²) in [6, 6.07) is 14.0. The Morgan fingerprint density at radius 1 is 1.11 bits per heavy atom. The van der Waals surface area contributed by atoms with Gasteiger partial charge in [-0.2, -0.15) is 0 Å². The number of rotatable bonds is 4. The third-order valence-corrected chi connectivity index (χ3v) is 3.33. The molecule has 0 aliphatic carbocycles. The maximum Gasteiger partial charge on any atom is 0.150 e. The molecule has 0 heterocycles. The number of nitrogens with two attached hydrogens (primary N) is 1. The van der Waals surface area contributed by atoms with Gasteiger partial charge in [-0.3, -0.25) is 0 Å². The van der Waals surface area contributed by atoms with Crippen molar-refractivity contribution in [1.82, 2.24) is 0 Å². The average Bonchev–Trinajstić information content (AvgIpc) is 2.35. The maximum atomic E-state index is 5.92. The fourth-order valence-electron chi connectivity index (χ4n) is 1.75. The lowest BCUT2D eigenvalue weighted by atomic mass is 10.1. The van der Waals surface area contributed by atoms with E-state index >= 15 is 0 Å². The molecule has 0 saturated heterocycles. The van der Waals surface area contributed by atoms with Gasteiger partial charge in [0.1, 0.15) is 11.5 Å². The molecule has 0 atom stereocenters. The first-order valence-corrected chi connectivity index (χ1v) is 7.08. The first-order valence-electron chi connectivity index (χ1n) is 6.01. The van der Waals surface area contributed by atoms with Crippen molar-refractivity contribution in [2.24, 2.45) is 0 Å². The minimum Gasteiger partial charge on any atom is -0.455 e. The van der Waals surface area contributed by atoms with Crippen molar-refractivity contribution in [3.05, 3.63) is 51.6 Å². The van der Waals surface area contributed by atoms with Crippen molar-refractivity contribution in [3.8, 4) is 11.5 Å². The van der Waals surface area contributed by atoms with Crippen LogP contribution in [-0.2, 0) is 6.42 Å². The van der Waals surface area contributed by atoms with Crippen LogP contribution in [0.1, 0.15) is 18.9 Å². The largest absolute Gasteiger partial charge is 0.455 e. The van der Waals surface area contributed by atoms with Gasteiger partial charge in [0, 0.05) is 3.57 Å². The summed E-state index contributed by atoms with van der Waals surface area (Å²) in [6.45, 7) is 2.18. The van der Waals surface area contributed by atoms with Gasteiger partial charge in [-0.1, -0.05) is 25.5 Å². The Labute approximate surface area is 121 Å². The summed E-state index contributed by atoms with van der Waals surface area (Å²) in [5.41, 5.74) is 7.92. The van der Waals surface area contributed by atoms with E-state index in [1.165, 1.54) is 5.56 Å². The van der Waals surface area contributed by atoms with Crippen LogP contribution in [0, 0.1) is 3.57 Å². The number of hydrogen-bond donors (Lipinski definition) is 1. The summed E-state index contributed by atoms with van der Waals surface area (Å²) in [4.78, 5) is 0. The van der Waals surface area contributed by atoms with E-state index in [0.29, 0.717) is 11.4 Å². The standard InChI is InChI=1S/C15H16INO/c1-2-3-11-4-7-13(8-5-11)18-15-9-6-12(16)10-14(15)17/h4-10H,2-3,17H2,1H3. The second kappa shape index (κ2) is 6.09. The second-order valence-electron chi connectivity index (χ2n) is 4.18. The molecule has 0 saturated carbocycles. The van der Waals surface area contributed by atoms with Crippen LogP contribution in [0.15, 0.2) is 42.5 Å². The van der Waals surface area contributed by atoms with Gasteiger partial charge < -0.3 is 10.5 Å². The molecule has 3 heteroatoms. The second-order valence-corrected chi connectivity index (χ2v) is 5.42. The van der Waals surface area contributed by atoms with Crippen molar-refractivity contribution >= 4 is 28.3 Å². The average molecular weight is 353 g/mol. The summed E-state index contributed by atoms with van der Waals surface area (Å²) in [6.07, 6.45) is 2.26. The van der Waals surface area contributed by atoms with E-state index < -0.39 is 0 Å². The van der Waals surface area contributed by atoms with Crippen LogP contribution in [0.2, 0.25) is 0 Å². The molecule has 2 rings (SSSR count). The fourth-order valence-corrected chi connectivity index (χ4v) is 2.27. The van der Waals surface area contributed by atoms with E-state index in [1.54, 1.807) is 0 Å². The minimum absolute atomic E-state index is 0.666. The number of nitrogen functional groups attached to an aromatic ring is 1. The summed E-state index contributed by atoms with van der Waals surface area (Å²) < 4.78 is 6.88. The molecule has 2 aromatic rings. The zero-order valence-corrected chi connectivity index (χ0v) is 12.5. The van der Waals surface area contributed by atoms with Crippen LogP contribution in [0.25, 0.3) is 0 Å². The van der Waals surface area contributed by atoms with Gasteiger partial charge in [-0.15, -0.1) is 0 Å². The van der Waals surface area contributed by atoms with Gasteiger partial charge >= 0.3 is 0 Å². The molecule has 2 N–H and O–H groups in total. The molecule has 2 nitrogen and oxygen atoms in total. The monoisotopic (exact) mass is 353 g/mol. The van der Waals surface area contributed by atoms with Crippen molar-refractivity contribution in [2.45, 2.75) is 19.8 Å². The SMILES string of the molecule is CCCc1ccc(Oc2ccc(I)cc2N)cc1. The quantitative estimate of drug-likeness (QED) is 0.643. The van der Waals surface area contributed by atoms with E-state index in [9.17, 15) is 0 Å². The maximum absolute atomic E-state index is 5.92. The smallest absolute Gasteiger partial charge is 0.150 e. The van der Waals surface area contributed by atoms with Crippen LogP contribution in [0.4, 0.5) is 5.69 Å². The number of benzene rings is 2. The Hall–Kier alpha value is -1.23. The first-order chi connectivity index (χ1) is 8.69. The molecule has 0 amide bonds. The fraction of sp³-hybridized carbons (Fsp3) is 0.200. The summed E-state index contributed by atoms with van der Waals surface area (Å²) >= 11 is 2.23. The van der Waals surface area contributed by atoms with Crippen LogP contribution < -0.4 is 10.5 Å². The van der Waals surface area contributed by atoms with Gasteiger partial charge in [0.05, 0.1) is 5.69 Å². The molecule has 0 aliphatic rings. The molecular formula is C15H16INO. The zero-order valence-electron chi connectivity index (χ0n) is 10.3. The third-order valence-electron chi connectivity index (χ3n) is 2.66. The highest BCUT2D eigenvalue weighted by molar-refractivity contribution is 14.1. The Kier molecular flexibility index (Phi) is 4.47. The molecule has 0 fully saturated rings. The molecule has 0 aliphatic heterocycles. The molecule has 0 radical (unpaired) electrons. The van der Waals surface area contributed by atoms with Gasteiger partial charge in [0.2, 0.25) is 0 Å². The molecule has 94 valence electrons. The van der Waals surface area contributed by atoms with Crippen LogP contribution in [0.3, 0.4) is 0 Å². The van der Waals surface area contributed by atoms with Gasteiger partial charge in [-0.05, 0) is 64.9 Å². The summed E-state index contributed by atoms with van der Waals surface area (Å²) in [7, 11) is 0. The van der Waals surface area contributed by atoms with Crippen LogP contribution >= 0.6 is 22.6 Å². The molecule has 2 aromatic carbocycles. The van der Waals surface area contributed by atoms with Crippen molar-refractivity contribution in [1.29, 1.82) is 0 Å². The van der Waals surface area contributed by atoms with Crippen molar-refractivity contribution in [3.63, 3.8) is 0 Å². The number of anilines is 1. The molecule has 0 aromatic heterocycles. The predicted octanol–water partition coefficient (Wildman–Crippen LogP) is 4.62. The number of halogens is 1. The highest BCUT2D eigenvalue weighted by Gasteiger charge is 2.02. The van der Waals surface area contributed by atoms with Crippen LogP contribution in [0.5, 0.6) is 11.5 Å². The summed E-state index contributed by atoms with van der Waals surface area (Å²) in [5.74, 6) is 1.53. The van der Waals surface area contributed by atoms with Gasteiger partial charge in [0.15, 0.2) is 0 Å². The summed E-state index contributed by atoms with van der Waals surface area (Å²) in [5, 5.41) is 0. The lowest BCUT2D eigenvalue weighted by Gasteiger charge is -2.09. The van der Waals surface area contributed by atoms with E-state index in [1.807, 2.05) is 30.3 Å². The van der Waals surface area contributed by atoms with Gasteiger partial charge in [-0.25, -0.2) is 0 Å². The highest BCUT2D eigenvalue weighted by Crippen LogP contribution is 2.28. The number of hydrogen-bond acceptors (Lipinski definition) is 2. The van der Waals surface area contributed by atoms with E-state index in [-0.39, 0.29) is 0 Å². The van der Waals surface area contributed by atoms with E-state index in [0.717, 1.165) is 22.2 Å². The third kappa shape index (κ3) is 3.38. The number of ether oxygens (including phenoxy) is 1. The Morgan fingerprint density at radius 3 is 2.44 bits per heavy atom. The molecular weight excluding hydrogens is 337 g/mol. The zero-order chi connectivity index (χ0) is 13.0. The molecule has 0 spiro atoms. The number of aryl methyl sites for hydroxylation is 1. The van der Waals surface area contributed by atoms with Crippen molar-refractivity contribution < 1.29 is 4.74 Å². The minimum atomic E-state index is 0.666. The lowest BCUT2D eigenvalue weighted by molar-refractivity contribution is 0.484. The molecule has 0 unspecified atom stereocenters. The van der Waals surface area contributed by atoms with E-state index in [4.69, 9.17) is 10.5 Å². The normalized spacial score (nSPS) is 10.3. The van der Waals surface area contributed by atoms with Crippen molar-refractivity contribution in [2.75, 3.05) is 5.73 Å². The molecule has 18 heavy (non-hydrogen) atoms. The Balaban J connectivity index is 2.13. The van der Waals surface area contributed by atoms with Crippen LogP contribution in [-0.4, -0.2) is 0 Å². The first kappa shape index (κ1) is 13.2. The van der Waals surface area contributed by atoms with Gasteiger partial charge in [0.25, 0.3) is 0 Å². The Morgan fingerprint density at radius 2 is 1.83 bits per heavy atom. The highest BCUT2D eigenvalue weighted by atomic mass is 127.